The molecule has 1 heterocycles. The van der Waals surface area contributed by atoms with Gasteiger partial charge in [-0.1, -0.05) is 6.07 Å². The minimum atomic E-state index is -0.0717. The number of benzene rings is 1. The number of likely N-dealkylation sites (N-methyl/N-ethyl adjacent to an activating group) is 2. The van der Waals surface area contributed by atoms with E-state index < -0.39 is 0 Å². The summed E-state index contributed by atoms with van der Waals surface area (Å²) in [4.78, 5) is 31.0. The Morgan fingerprint density at radius 2 is 1.79 bits per heavy atom. The lowest BCUT2D eigenvalue weighted by Gasteiger charge is -2.36. The molecule has 0 bridgehead atoms. The molecule has 28 heavy (non-hydrogen) atoms. The second-order valence-electron chi connectivity index (χ2n) is 8.09. The molecule has 1 fully saturated rings. The van der Waals surface area contributed by atoms with Gasteiger partial charge in [-0.15, -0.1) is 0 Å². The first-order chi connectivity index (χ1) is 13.2. The summed E-state index contributed by atoms with van der Waals surface area (Å²) in [5.74, 6) is -0.0621. The van der Waals surface area contributed by atoms with E-state index in [9.17, 15) is 9.59 Å². The van der Waals surface area contributed by atoms with Crippen LogP contribution in [0.4, 0.5) is 11.4 Å². The van der Waals surface area contributed by atoms with Gasteiger partial charge in [0.25, 0.3) is 0 Å². The summed E-state index contributed by atoms with van der Waals surface area (Å²) in [5, 5.41) is 5.87. The Morgan fingerprint density at radius 3 is 2.43 bits per heavy atom. The average molecular weight is 390 g/mol. The van der Waals surface area contributed by atoms with Crippen molar-refractivity contribution in [1.82, 2.24) is 14.7 Å². The summed E-state index contributed by atoms with van der Waals surface area (Å²) in [6.45, 7) is 8.75. The van der Waals surface area contributed by atoms with Crippen LogP contribution in [-0.2, 0) is 9.59 Å². The number of aryl methyl sites for hydroxylation is 1. The first-order valence-corrected chi connectivity index (χ1v) is 10.0. The largest absolute Gasteiger partial charge is 0.326 e. The van der Waals surface area contributed by atoms with Crippen molar-refractivity contribution < 1.29 is 9.59 Å². The molecule has 1 atom stereocenters. The minimum absolute atomic E-state index is 0.00963. The molecule has 0 radical (unpaired) electrons. The highest BCUT2D eigenvalue weighted by Crippen LogP contribution is 2.21. The van der Waals surface area contributed by atoms with Crippen LogP contribution in [0.25, 0.3) is 0 Å². The van der Waals surface area contributed by atoms with Crippen molar-refractivity contribution in [1.29, 1.82) is 0 Å². The van der Waals surface area contributed by atoms with E-state index in [0.29, 0.717) is 24.7 Å². The van der Waals surface area contributed by atoms with Crippen molar-refractivity contribution in [3.8, 4) is 0 Å². The molecule has 0 aliphatic carbocycles. The monoisotopic (exact) mass is 389 g/mol. The van der Waals surface area contributed by atoms with Crippen LogP contribution in [0.2, 0.25) is 0 Å². The quantitative estimate of drug-likeness (QED) is 0.710. The van der Waals surface area contributed by atoms with Crippen molar-refractivity contribution >= 4 is 23.2 Å². The van der Waals surface area contributed by atoms with Crippen molar-refractivity contribution in [2.24, 2.45) is 0 Å². The summed E-state index contributed by atoms with van der Waals surface area (Å²) in [6.07, 6.45) is 1.33. The average Bonchev–Trinajstić information content (AvgIpc) is 2.62. The molecular weight excluding hydrogens is 354 g/mol. The smallest absolute Gasteiger partial charge is 0.238 e. The first-order valence-electron chi connectivity index (χ1n) is 10.0. The van der Waals surface area contributed by atoms with Gasteiger partial charge in [0.15, 0.2) is 0 Å². The maximum atomic E-state index is 12.4. The van der Waals surface area contributed by atoms with Crippen LogP contribution in [0, 0.1) is 6.92 Å². The maximum Gasteiger partial charge on any atom is 0.238 e. The predicted molar refractivity (Wildman–Crippen MR) is 115 cm³/mol. The third kappa shape index (κ3) is 7.22. The molecule has 1 saturated heterocycles. The van der Waals surface area contributed by atoms with Gasteiger partial charge in [-0.2, -0.15) is 0 Å². The van der Waals surface area contributed by atoms with Crippen molar-refractivity contribution in [3.63, 3.8) is 0 Å². The normalized spacial score (nSPS) is 16.8. The number of nitrogens with one attached hydrogen (secondary N) is 2. The minimum Gasteiger partial charge on any atom is -0.326 e. The third-order valence-electron chi connectivity index (χ3n) is 5.21. The van der Waals surface area contributed by atoms with Crippen LogP contribution in [0.1, 0.15) is 25.3 Å². The van der Waals surface area contributed by atoms with Crippen LogP contribution in [0.15, 0.2) is 18.2 Å². The van der Waals surface area contributed by atoms with Gasteiger partial charge in [0.1, 0.15) is 0 Å². The Bertz CT molecular complexity index is 669. The van der Waals surface area contributed by atoms with Gasteiger partial charge in [-0.05, 0) is 59.1 Å². The highest BCUT2D eigenvalue weighted by Gasteiger charge is 2.19. The van der Waals surface area contributed by atoms with Crippen LogP contribution >= 0.6 is 0 Å². The number of piperazine rings is 1. The van der Waals surface area contributed by atoms with E-state index in [1.165, 1.54) is 0 Å². The number of amides is 2. The summed E-state index contributed by atoms with van der Waals surface area (Å²) in [6, 6.07) is 6.01. The van der Waals surface area contributed by atoms with Gasteiger partial charge in [0.05, 0.1) is 6.54 Å². The van der Waals surface area contributed by atoms with Crippen molar-refractivity contribution in [2.75, 3.05) is 64.5 Å². The Kier molecular flexibility index (Phi) is 8.41. The van der Waals surface area contributed by atoms with E-state index in [-0.39, 0.29) is 11.8 Å². The zero-order chi connectivity index (χ0) is 20.7. The molecule has 1 aromatic carbocycles. The van der Waals surface area contributed by atoms with Crippen LogP contribution in [0.3, 0.4) is 0 Å². The number of anilines is 2. The molecule has 156 valence electrons. The van der Waals surface area contributed by atoms with E-state index in [0.717, 1.165) is 43.9 Å². The lowest BCUT2D eigenvalue weighted by Crippen LogP contribution is -2.48. The molecule has 2 N–H and O–H groups in total. The summed E-state index contributed by atoms with van der Waals surface area (Å²) in [7, 11) is 5.85. The van der Waals surface area contributed by atoms with Gasteiger partial charge >= 0.3 is 0 Å². The Balaban J connectivity index is 1.84. The molecule has 7 heteroatoms. The molecule has 0 spiro atoms. The molecule has 0 aromatic heterocycles. The van der Waals surface area contributed by atoms with Crippen LogP contribution in [0.5, 0.6) is 0 Å². The molecule has 1 unspecified atom stereocenters. The second-order valence-corrected chi connectivity index (χ2v) is 8.09. The highest BCUT2D eigenvalue weighted by atomic mass is 16.2. The zero-order valence-corrected chi connectivity index (χ0v) is 17.9. The molecule has 7 nitrogen and oxygen atoms in total. The van der Waals surface area contributed by atoms with Crippen molar-refractivity contribution in [2.45, 2.75) is 32.7 Å². The lowest BCUT2D eigenvalue weighted by atomic mass is 10.1. The lowest BCUT2D eigenvalue weighted by molar-refractivity contribution is -0.117. The van der Waals surface area contributed by atoms with Gasteiger partial charge in [-0.25, -0.2) is 0 Å². The number of hydrogen-bond acceptors (Lipinski definition) is 5. The van der Waals surface area contributed by atoms with Gasteiger partial charge in [0, 0.05) is 50.0 Å². The SMILES string of the molecule is Cc1ccc(NC(=O)CCC(C)N2CCN(C)CC2)cc1NC(=O)CN(C)C. The summed E-state index contributed by atoms with van der Waals surface area (Å²) in [5.41, 5.74) is 2.41. The predicted octanol–water partition coefficient (Wildman–Crippen LogP) is 1.85. The zero-order valence-electron chi connectivity index (χ0n) is 17.9. The fourth-order valence-electron chi connectivity index (χ4n) is 3.32. The molecule has 1 aromatic rings. The molecule has 0 saturated carbocycles. The number of carbonyl (C=O) groups is 2. The standard InChI is InChI=1S/C21H35N5O2/c1-16-6-8-18(14-19(16)23-21(28)15-24(3)4)22-20(27)9-7-17(2)26-12-10-25(5)11-13-26/h6,8,14,17H,7,9-13,15H2,1-5H3,(H,22,27)(H,23,28). The topological polar surface area (TPSA) is 67.9 Å². The van der Waals surface area contributed by atoms with Gasteiger partial charge in [-0.3, -0.25) is 14.5 Å². The Labute approximate surface area is 169 Å². The molecule has 2 rings (SSSR count). The van der Waals surface area contributed by atoms with E-state index in [1.807, 2.05) is 44.1 Å². The van der Waals surface area contributed by atoms with Crippen LogP contribution in [-0.4, -0.2) is 86.4 Å². The van der Waals surface area contributed by atoms with E-state index >= 15 is 0 Å². The highest BCUT2D eigenvalue weighted by molar-refractivity contribution is 5.95. The van der Waals surface area contributed by atoms with Gasteiger partial charge < -0.3 is 20.4 Å². The number of rotatable bonds is 8. The second kappa shape index (κ2) is 10.5. The maximum absolute atomic E-state index is 12.4. The Morgan fingerprint density at radius 1 is 1.11 bits per heavy atom. The number of nitrogens with zero attached hydrogens (tertiary/aromatic N) is 3. The summed E-state index contributed by atoms with van der Waals surface area (Å²) >= 11 is 0. The Hall–Kier alpha value is -1.96. The molecular formula is C21H35N5O2. The molecule has 1 aliphatic rings. The van der Waals surface area contributed by atoms with E-state index in [1.54, 1.807) is 0 Å². The van der Waals surface area contributed by atoms with Gasteiger partial charge in [0.2, 0.25) is 11.8 Å². The van der Waals surface area contributed by atoms with Crippen LogP contribution < -0.4 is 10.6 Å². The number of hydrogen-bond donors (Lipinski definition) is 2. The van der Waals surface area contributed by atoms with Crippen molar-refractivity contribution in [3.05, 3.63) is 23.8 Å². The van der Waals surface area contributed by atoms with E-state index in [4.69, 9.17) is 0 Å². The first kappa shape index (κ1) is 22.3. The third-order valence-corrected chi connectivity index (χ3v) is 5.21. The van der Waals surface area contributed by atoms with E-state index in [2.05, 4.69) is 34.4 Å². The molecule has 2 amide bonds. The fraction of sp³-hybridized carbons (Fsp3) is 0.619. The molecule has 1 aliphatic heterocycles. The number of carbonyl (C=O) groups excluding carboxylic acids is 2. The fourth-order valence-corrected chi connectivity index (χ4v) is 3.32. The summed E-state index contributed by atoms with van der Waals surface area (Å²) < 4.78 is 0.